The maximum absolute atomic E-state index is 13.1. The number of nitrogens with one attached hydrogen (secondary N) is 2. The molecule has 1 aliphatic rings. The number of nitrogens with zero attached hydrogens (tertiary/aromatic N) is 2. The molecule has 2 N–H and O–H groups in total. The lowest BCUT2D eigenvalue weighted by Crippen LogP contribution is -2.42. The van der Waals surface area contributed by atoms with E-state index in [4.69, 9.17) is 0 Å². The van der Waals surface area contributed by atoms with Crippen molar-refractivity contribution in [1.82, 2.24) is 14.9 Å². The van der Waals surface area contributed by atoms with Crippen LogP contribution in [-0.2, 0) is 0 Å². The largest absolute Gasteiger partial charge is 0.367 e. The van der Waals surface area contributed by atoms with E-state index in [0.717, 1.165) is 48.5 Å². The van der Waals surface area contributed by atoms with Gasteiger partial charge in [-0.25, -0.2) is 4.98 Å². The number of pyridine rings is 1. The summed E-state index contributed by atoms with van der Waals surface area (Å²) in [5.41, 5.74) is 5.27. The minimum absolute atomic E-state index is 0.110. The Hall–Kier alpha value is -2.82. The second-order valence-electron chi connectivity index (χ2n) is 7.50. The summed E-state index contributed by atoms with van der Waals surface area (Å²) in [6.07, 6.45) is 3.66. The fourth-order valence-corrected chi connectivity index (χ4v) is 4.06. The zero-order chi connectivity index (χ0) is 19.0. The van der Waals surface area contributed by atoms with E-state index in [2.05, 4.69) is 41.3 Å². The van der Waals surface area contributed by atoms with Crippen LogP contribution in [0.15, 0.2) is 36.5 Å². The standard InChI is InChI=1S/C22H26N4O/c1-14-7-8-15(2)20-19(14)16(3)21(25-20)22(27)26-12-9-17(10-13-26)24-18-6-4-5-11-23-18/h4-8,11,17,25H,9-10,12-13H2,1-3H3,(H,23,24). The normalized spacial score (nSPS) is 15.3. The molecule has 1 fully saturated rings. The minimum atomic E-state index is 0.110. The maximum atomic E-state index is 13.1. The number of benzene rings is 1. The fraction of sp³-hybridized carbons (Fsp3) is 0.364. The van der Waals surface area contributed by atoms with Gasteiger partial charge in [-0.3, -0.25) is 4.79 Å². The van der Waals surface area contributed by atoms with Crippen LogP contribution in [0.2, 0.25) is 0 Å². The number of carbonyl (C=O) groups is 1. The van der Waals surface area contributed by atoms with Crippen molar-refractivity contribution in [3.8, 4) is 0 Å². The van der Waals surface area contributed by atoms with Crippen molar-refractivity contribution in [3.05, 3.63) is 58.9 Å². The van der Waals surface area contributed by atoms with Crippen molar-refractivity contribution in [1.29, 1.82) is 0 Å². The first-order valence-electron chi connectivity index (χ1n) is 9.60. The third kappa shape index (κ3) is 3.29. The van der Waals surface area contributed by atoms with Gasteiger partial charge in [-0.1, -0.05) is 18.2 Å². The highest BCUT2D eigenvalue weighted by molar-refractivity contribution is 6.02. The highest BCUT2D eigenvalue weighted by Gasteiger charge is 2.26. The number of aromatic amines is 1. The zero-order valence-electron chi connectivity index (χ0n) is 16.2. The number of fused-ring (bicyclic) bond motifs is 1. The molecule has 1 aliphatic heterocycles. The average molecular weight is 362 g/mol. The van der Waals surface area contributed by atoms with E-state index in [-0.39, 0.29) is 5.91 Å². The van der Waals surface area contributed by atoms with Gasteiger partial charge < -0.3 is 15.2 Å². The molecule has 2 aromatic heterocycles. The Balaban J connectivity index is 1.48. The number of aryl methyl sites for hydroxylation is 3. The van der Waals surface area contributed by atoms with Gasteiger partial charge in [0.2, 0.25) is 0 Å². The monoisotopic (exact) mass is 362 g/mol. The van der Waals surface area contributed by atoms with E-state index in [9.17, 15) is 4.79 Å². The van der Waals surface area contributed by atoms with Crippen LogP contribution in [-0.4, -0.2) is 39.9 Å². The number of rotatable bonds is 3. The topological polar surface area (TPSA) is 61.0 Å². The van der Waals surface area contributed by atoms with Crippen LogP contribution in [0.1, 0.15) is 40.0 Å². The highest BCUT2D eigenvalue weighted by atomic mass is 16.2. The van der Waals surface area contributed by atoms with Gasteiger partial charge in [-0.15, -0.1) is 0 Å². The average Bonchev–Trinajstić information content (AvgIpc) is 3.04. The first-order chi connectivity index (χ1) is 13.0. The molecule has 1 saturated heterocycles. The van der Waals surface area contributed by atoms with Gasteiger partial charge >= 0.3 is 0 Å². The second kappa shape index (κ2) is 7.06. The number of anilines is 1. The smallest absolute Gasteiger partial charge is 0.270 e. The van der Waals surface area contributed by atoms with E-state index >= 15 is 0 Å². The Morgan fingerprint density at radius 3 is 2.52 bits per heavy atom. The molecule has 3 heterocycles. The van der Waals surface area contributed by atoms with Crippen LogP contribution in [0.5, 0.6) is 0 Å². The summed E-state index contributed by atoms with van der Waals surface area (Å²) in [5, 5.41) is 4.66. The van der Waals surface area contributed by atoms with Gasteiger partial charge in [-0.05, 0) is 62.4 Å². The number of carbonyl (C=O) groups excluding carboxylic acids is 1. The number of hydrogen-bond donors (Lipinski definition) is 2. The van der Waals surface area contributed by atoms with Gasteiger partial charge in [0.1, 0.15) is 11.5 Å². The molecule has 5 heteroatoms. The molecule has 1 amide bonds. The third-order valence-electron chi connectivity index (χ3n) is 5.63. The van der Waals surface area contributed by atoms with E-state index in [0.29, 0.717) is 6.04 Å². The fourth-order valence-electron chi connectivity index (χ4n) is 4.06. The van der Waals surface area contributed by atoms with Gasteiger partial charge in [0.05, 0.1) is 0 Å². The van der Waals surface area contributed by atoms with E-state index in [1.165, 1.54) is 16.5 Å². The number of likely N-dealkylation sites (tertiary alicyclic amines) is 1. The number of piperidine rings is 1. The van der Waals surface area contributed by atoms with Crippen molar-refractivity contribution in [2.24, 2.45) is 0 Å². The van der Waals surface area contributed by atoms with E-state index in [1.54, 1.807) is 6.20 Å². The van der Waals surface area contributed by atoms with Crippen molar-refractivity contribution < 1.29 is 4.79 Å². The van der Waals surface area contributed by atoms with Crippen LogP contribution in [0.25, 0.3) is 10.9 Å². The quantitative estimate of drug-likeness (QED) is 0.734. The molecular formula is C22H26N4O. The lowest BCUT2D eigenvalue weighted by molar-refractivity contribution is 0.0712. The Morgan fingerprint density at radius 2 is 1.85 bits per heavy atom. The predicted octanol–water partition coefficient (Wildman–Crippen LogP) is 4.20. The van der Waals surface area contributed by atoms with Crippen molar-refractivity contribution in [2.75, 3.05) is 18.4 Å². The summed E-state index contributed by atoms with van der Waals surface area (Å²) in [4.78, 5) is 22.8. The first-order valence-corrected chi connectivity index (χ1v) is 9.60. The summed E-state index contributed by atoms with van der Waals surface area (Å²) >= 11 is 0. The lowest BCUT2D eigenvalue weighted by Gasteiger charge is -2.32. The van der Waals surface area contributed by atoms with Gasteiger partial charge in [0.15, 0.2) is 0 Å². The lowest BCUT2D eigenvalue weighted by atomic mass is 10.0. The first kappa shape index (κ1) is 17.6. The Labute approximate surface area is 159 Å². The van der Waals surface area contributed by atoms with Crippen LogP contribution < -0.4 is 5.32 Å². The van der Waals surface area contributed by atoms with Crippen molar-refractivity contribution in [3.63, 3.8) is 0 Å². The number of aromatic nitrogens is 2. The summed E-state index contributed by atoms with van der Waals surface area (Å²) < 4.78 is 0. The molecule has 0 bridgehead atoms. The summed E-state index contributed by atoms with van der Waals surface area (Å²) in [7, 11) is 0. The molecule has 140 valence electrons. The molecule has 0 unspecified atom stereocenters. The summed E-state index contributed by atoms with van der Waals surface area (Å²) in [5.74, 6) is 1.01. The van der Waals surface area contributed by atoms with E-state index in [1.807, 2.05) is 30.0 Å². The van der Waals surface area contributed by atoms with Gasteiger partial charge in [0.25, 0.3) is 5.91 Å². The molecule has 0 spiro atoms. The van der Waals surface area contributed by atoms with Crippen LogP contribution in [0.3, 0.4) is 0 Å². The SMILES string of the molecule is Cc1ccc(C)c2c(C)c(C(=O)N3CCC(Nc4ccccn4)CC3)[nH]c12. The molecule has 3 aromatic rings. The summed E-state index contributed by atoms with van der Waals surface area (Å²) in [6.45, 7) is 7.76. The van der Waals surface area contributed by atoms with E-state index < -0.39 is 0 Å². The third-order valence-corrected chi connectivity index (χ3v) is 5.63. The Bertz CT molecular complexity index is 969. The molecule has 0 atom stereocenters. The molecule has 5 nitrogen and oxygen atoms in total. The summed E-state index contributed by atoms with van der Waals surface area (Å²) in [6, 6.07) is 10.5. The molecule has 4 rings (SSSR count). The van der Waals surface area contributed by atoms with Crippen LogP contribution in [0.4, 0.5) is 5.82 Å². The number of hydrogen-bond acceptors (Lipinski definition) is 3. The number of H-pyrrole nitrogens is 1. The predicted molar refractivity (Wildman–Crippen MR) is 109 cm³/mol. The van der Waals surface area contributed by atoms with Gasteiger partial charge in [-0.2, -0.15) is 0 Å². The van der Waals surface area contributed by atoms with Crippen molar-refractivity contribution >= 4 is 22.6 Å². The Morgan fingerprint density at radius 1 is 1.11 bits per heavy atom. The molecule has 0 aliphatic carbocycles. The molecule has 0 radical (unpaired) electrons. The molecule has 0 saturated carbocycles. The molecule has 1 aromatic carbocycles. The van der Waals surface area contributed by atoms with Crippen LogP contribution >= 0.6 is 0 Å². The van der Waals surface area contributed by atoms with Crippen LogP contribution in [0, 0.1) is 20.8 Å². The highest BCUT2D eigenvalue weighted by Crippen LogP contribution is 2.29. The zero-order valence-corrected chi connectivity index (χ0v) is 16.2. The minimum Gasteiger partial charge on any atom is -0.367 e. The van der Waals surface area contributed by atoms with Crippen molar-refractivity contribution in [2.45, 2.75) is 39.7 Å². The molecule has 27 heavy (non-hydrogen) atoms. The molecular weight excluding hydrogens is 336 g/mol. The second-order valence-corrected chi connectivity index (χ2v) is 7.50. The van der Waals surface area contributed by atoms with Gasteiger partial charge in [0, 0.05) is 36.2 Å². The number of amides is 1. The maximum Gasteiger partial charge on any atom is 0.270 e. The Kier molecular flexibility index (Phi) is 4.60.